The molecule has 0 saturated heterocycles. The van der Waals surface area contributed by atoms with Crippen molar-refractivity contribution in [3.63, 3.8) is 0 Å². The van der Waals surface area contributed by atoms with Gasteiger partial charge in [-0.25, -0.2) is 15.0 Å². The molecular weight excluding hydrogens is 1400 g/mol. The van der Waals surface area contributed by atoms with E-state index in [1.54, 1.807) is 41.6 Å². The fourth-order valence-corrected chi connectivity index (χ4v) is 9.36. The standard InChI is InChI=1S/3C10H14N2.C9H12N2.C9H15NO.4C9H11NO.C8H13NO/c1-6-9-11-8(7-12(9)5)10(2,3)4;1-6-9-8(10(2,3)4)7-12(5)11-9;1-6-8-7-9(10(2,3)4)12(5)11-8;1-5-7-6-8(11-10-7)9(2,3)4;1-9(2,3)10-7-5-4-6-8(10)11;1-5-8-10-7(6-11-8)9(2,3)4;1-5-8-10-6-7(11-8)9(2,3)4;1-5-8-7(6-11-10-8)9(2,3)4;1-5-7-6-8(11-10-7)9(2,3)4;1-8(2,3)9-6-4-5-7(9)10/h3*1,7H,2-5H3;1,6H,2-4H3,(H,10,11);4,6H,5,7H2,1-3H3;4*1,6H,2-4H3;4-5H,6H2,1-3H3. The van der Waals surface area contributed by atoms with Crippen LogP contribution in [0.15, 0.2) is 91.5 Å². The van der Waals surface area contributed by atoms with Crippen molar-refractivity contribution >= 4 is 11.8 Å². The van der Waals surface area contributed by atoms with E-state index in [0.717, 1.165) is 76.3 Å². The molecule has 1 N–H and O–H groups in total. The first-order valence-electron chi connectivity index (χ1n) is 36.8. The number of H-pyrrole nitrogens is 1. The third-order valence-electron chi connectivity index (χ3n) is 16.0. The number of carbonyl (C=O) groups is 2. The summed E-state index contributed by atoms with van der Waals surface area (Å²) in [5, 5.41) is 22.6. The van der Waals surface area contributed by atoms with Crippen molar-refractivity contribution in [2.75, 3.05) is 13.1 Å². The molecule has 0 spiro atoms. The van der Waals surface area contributed by atoms with E-state index in [2.05, 4.69) is 238 Å². The maximum atomic E-state index is 11.3. The lowest BCUT2D eigenvalue weighted by Crippen LogP contribution is -2.46. The van der Waals surface area contributed by atoms with Crippen LogP contribution in [0.4, 0.5) is 0 Å². The Labute approximate surface area is 671 Å². The molecule has 0 unspecified atom stereocenters. The second kappa shape index (κ2) is 41.0. The lowest BCUT2D eigenvalue weighted by Gasteiger charge is -2.36. The highest BCUT2D eigenvalue weighted by Gasteiger charge is 2.29. The second-order valence-electron chi connectivity index (χ2n) is 36.6. The van der Waals surface area contributed by atoms with Gasteiger partial charge in [0.1, 0.15) is 41.1 Å². The van der Waals surface area contributed by atoms with Gasteiger partial charge in [-0.05, 0) is 118 Å². The van der Waals surface area contributed by atoms with Crippen molar-refractivity contribution in [2.45, 2.75) is 269 Å². The number of nitrogens with one attached hydrogen (secondary N) is 1. The van der Waals surface area contributed by atoms with Crippen LogP contribution < -0.4 is 0 Å². The highest BCUT2D eigenvalue weighted by molar-refractivity contribution is 5.90. The molecule has 8 aromatic heterocycles. The van der Waals surface area contributed by atoms with Gasteiger partial charge in [-0.1, -0.05) is 195 Å². The van der Waals surface area contributed by atoms with Crippen LogP contribution in [0, 0.1) is 98.8 Å². The molecule has 2 aliphatic heterocycles. The van der Waals surface area contributed by atoms with Gasteiger partial charge in [0.25, 0.3) is 11.8 Å². The number of aromatic amines is 1. The molecular formula is C92H126N14O6. The first kappa shape index (κ1) is 98.6. The molecule has 112 heavy (non-hydrogen) atoms. The zero-order valence-corrected chi connectivity index (χ0v) is 73.4. The van der Waals surface area contributed by atoms with Crippen LogP contribution in [-0.4, -0.2) is 105 Å². The molecule has 2 aliphatic rings. The van der Waals surface area contributed by atoms with Gasteiger partial charge < -0.3 is 32.2 Å². The zero-order chi connectivity index (χ0) is 86.7. The Hall–Kier alpha value is -11.4. The van der Waals surface area contributed by atoms with Crippen LogP contribution in [0.1, 0.15) is 306 Å². The summed E-state index contributed by atoms with van der Waals surface area (Å²) >= 11 is 0. The van der Waals surface area contributed by atoms with Crippen molar-refractivity contribution in [3.05, 3.63) is 165 Å². The van der Waals surface area contributed by atoms with Crippen LogP contribution in [0.3, 0.4) is 0 Å². The molecule has 20 heteroatoms. The monoisotopic (exact) mass is 1520 g/mol. The maximum absolute atomic E-state index is 11.3. The van der Waals surface area contributed by atoms with Crippen LogP contribution in [0.5, 0.6) is 0 Å². The summed E-state index contributed by atoms with van der Waals surface area (Å²) in [4.78, 5) is 38.4. The minimum atomic E-state index is -0.0272. The van der Waals surface area contributed by atoms with Gasteiger partial charge in [0.2, 0.25) is 11.8 Å². The molecule has 10 rings (SSSR count). The Morgan fingerprint density at radius 1 is 0.464 bits per heavy atom. The summed E-state index contributed by atoms with van der Waals surface area (Å²) in [6, 6.07) is 5.65. The molecule has 0 bridgehead atoms. The summed E-state index contributed by atoms with van der Waals surface area (Å²) in [5.74, 6) is 23.1. The predicted octanol–water partition coefficient (Wildman–Crippen LogP) is 17.4. The van der Waals surface area contributed by atoms with E-state index in [0.29, 0.717) is 34.7 Å². The predicted molar refractivity (Wildman–Crippen MR) is 453 cm³/mol. The van der Waals surface area contributed by atoms with E-state index < -0.39 is 0 Å². The number of carbonyl (C=O) groups excluding carboxylic acids is 2. The van der Waals surface area contributed by atoms with E-state index in [1.165, 1.54) is 0 Å². The maximum Gasteiger partial charge on any atom is 0.273 e. The fraction of sp³-hybridized carbons (Fsp3) is 0.500. The Morgan fingerprint density at radius 2 is 0.991 bits per heavy atom. The topological polar surface area (TPSA) is 227 Å². The molecule has 0 aromatic carbocycles. The number of aromatic nitrogens is 12. The van der Waals surface area contributed by atoms with Gasteiger partial charge >= 0.3 is 0 Å². The third kappa shape index (κ3) is 33.4. The Balaban J connectivity index is 0.000000622. The van der Waals surface area contributed by atoms with E-state index in [1.807, 2.05) is 139 Å². The largest absolute Gasteiger partial charge is 0.438 e. The van der Waals surface area contributed by atoms with Crippen molar-refractivity contribution in [1.82, 2.24) is 69.4 Å². The van der Waals surface area contributed by atoms with E-state index in [9.17, 15) is 9.59 Å². The number of terminal acetylenes is 8. The van der Waals surface area contributed by atoms with Crippen molar-refractivity contribution in [2.24, 2.45) is 21.1 Å². The molecule has 20 nitrogen and oxygen atoms in total. The number of aryl methyl sites for hydroxylation is 3. The van der Waals surface area contributed by atoms with E-state index in [4.69, 9.17) is 69.3 Å². The van der Waals surface area contributed by atoms with Crippen molar-refractivity contribution in [1.29, 1.82) is 0 Å². The number of imidazole rings is 1. The first-order valence-corrected chi connectivity index (χ1v) is 36.8. The second-order valence-corrected chi connectivity index (χ2v) is 36.6. The number of amides is 2. The van der Waals surface area contributed by atoms with Crippen LogP contribution >= 0.6 is 0 Å². The quantitative estimate of drug-likeness (QED) is 0.139. The highest BCUT2D eigenvalue weighted by atomic mass is 16.5. The van der Waals surface area contributed by atoms with Crippen LogP contribution in [0.2, 0.25) is 0 Å². The summed E-state index contributed by atoms with van der Waals surface area (Å²) < 4.78 is 25.5. The SMILES string of the molecule is C#Cc1cc(C(C)(C)C)n(C)n1.C#Cc1cc(C(C)(C)C)n[nH]1.C#Cc1cc(C(C)(C)C)on1.C#Cc1nc(C(C)(C)C)cn1C.C#Cc1nc(C(C)(C)C)co1.C#Cc1ncc(C(C)(C)C)o1.C#Cc1nn(C)cc1C(C)(C)C.C#Cc1nocc1C(C)(C)C.CC(C)(C)N1CC=CC1=O.CC(C)(C)N1CCC=CC1=O. The third-order valence-corrected chi connectivity index (χ3v) is 16.0. The van der Waals surface area contributed by atoms with Gasteiger partial charge in [-0.15, -0.1) is 51.4 Å². The molecule has 600 valence electrons. The summed E-state index contributed by atoms with van der Waals surface area (Å²) in [6.07, 6.45) is 58.6. The first-order chi connectivity index (χ1) is 51.1. The summed E-state index contributed by atoms with van der Waals surface area (Å²) in [7, 11) is 5.72. The molecule has 8 aromatic rings. The summed E-state index contributed by atoms with van der Waals surface area (Å²) in [5.41, 5.74) is 9.89. The summed E-state index contributed by atoms with van der Waals surface area (Å²) in [6.45, 7) is 64.1. The molecule has 0 atom stereocenters. The number of oxazole rings is 2. The van der Waals surface area contributed by atoms with Crippen LogP contribution in [-0.2, 0) is 74.1 Å². The van der Waals surface area contributed by atoms with Gasteiger partial charge in [0.15, 0.2) is 17.2 Å². The molecule has 0 fully saturated rings. The Kier molecular flexibility index (Phi) is 36.1. The number of nitrogens with zero attached hydrogens (tertiary/aromatic N) is 13. The fourth-order valence-electron chi connectivity index (χ4n) is 9.36. The average Bonchev–Trinajstić information content (AvgIpc) is 1.66. The highest BCUT2D eigenvalue weighted by Crippen LogP contribution is 2.29. The van der Waals surface area contributed by atoms with Crippen molar-refractivity contribution < 1.29 is 27.5 Å². The minimum absolute atomic E-state index is 0.0118. The number of hydrogen-bond acceptors (Lipinski definition) is 14. The van der Waals surface area contributed by atoms with E-state index in [-0.39, 0.29) is 66.2 Å². The molecule has 0 saturated carbocycles. The lowest BCUT2D eigenvalue weighted by atomic mass is 9.87. The average molecular weight is 1520 g/mol. The lowest BCUT2D eigenvalue weighted by molar-refractivity contribution is -0.131. The van der Waals surface area contributed by atoms with Gasteiger partial charge in [0.05, 0.1) is 23.3 Å². The number of rotatable bonds is 0. The molecule has 2 amide bonds. The molecule has 0 radical (unpaired) electrons. The Bertz CT molecular complexity index is 4500. The molecule has 0 aliphatic carbocycles. The van der Waals surface area contributed by atoms with Gasteiger partial charge in [-0.3, -0.25) is 24.1 Å². The normalized spacial score (nSPS) is 12.6. The Morgan fingerprint density at radius 3 is 1.28 bits per heavy atom. The minimum Gasteiger partial charge on any atom is -0.438 e. The van der Waals surface area contributed by atoms with Gasteiger partial charge in [-0.2, -0.15) is 15.3 Å². The van der Waals surface area contributed by atoms with Crippen molar-refractivity contribution in [3.8, 4) is 98.8 Å². The zero-order valence-electron chi connectivity index (χ0n) is 73.4. The van der Waals surface area contributed by atoms with E-state index >= 15 is 0 Å². The number of hydrogen-bond donors (Lipinski definition) is 1. The van der Waals surface area contributed by atoms with Gasteiger partial charge in [0, 0.05) is 119 Å². The van der Waals surface area contributed by atoms with Crippen LogP contribution in [0.25, 0.3) is 0 Å². The molecule has 10 heterocycles. The smallest absolute Gasteiger partial charge is 0.273 e.